The summed E-state index contributed by atoms with van der Waals surface area (Å²) in [4.78, 5) is 16.3. The molecule has 6 heteroatoms. The van der Waals surface area contributed by atoms with Gasteiger partial charge in [0.25, 0.3) is 0 Å². The van der Waals surface area contributed by atoms with Gasteiger partial charge in [-0.25, -0.2) is 0 Å². The number of methoxy groups -OCH3 is 1. The summed E-state index contributed by atoms with van der Waals surface area (Å²) in [5.74, 6) is 1.02. The van der Waals surface area contributed by atoms with Gasteiger partial charge in [0, 0.05) is 50.4 Å². The van der Waals surface area contributed by atoms with Gasteiger partial charge < -0.3 is 15.0 Å². The van der Waals surface area contributed by atoms with Crippen molar-refractivity contribution in [3.63, 3.8) is 0 Å². The lowest BCUT2D eigenvalue weighted by Crippen LogP contribution is -2.66. The molecule has 120 valence electrons. The van der Waals surface area contributed by atoms with E-state index in [4.69, 9.17) is 4.74 Å². The van der Waals surface area contributed by atoms with Crippen LogP contribution in [0.2, 0.25) is 0 Å². The van der Waals surface area contributed by atoms with Crippen molar-refractivity contribution in [3.8, 4) is 5.75 Å². The predicted octanol–water partition coefficient (Wildman–Crippen LogP) is 0.599. The van der Waals surface area contributed by atoms with E-state index in [1.165, 1.54) is 5.69 Å². The largest absolute Gasteiger partial charge is 0.497 e. The van der Waals surface area contributed by atoms with Crippen LogP contribution < -0.4 is 20.3 Å². The third kappa shape index (κ3) is 3.34. The van der Waals surface area contributed by atoms with E-state index in [9.17, 15) is 4.79 Å². The van der Waals surface area contributed by atoms with Crippen molar-refractivity contribution in [2.75, 3.05) is 38.2 Å². The van der Waals surface area contributed by atoms with E-state index in [0.717, 1.165) is 31.9 Å². The van der Waals surface area contributed by atoms with Gasteiger partial charge in [-0.2, -0.15) is 0 Å². The fraction of sp³-hybridized carbons (Fsp3) is 0.562. The number of nitrogens with zero attached hydrogens (tertiary/aromatic N) is 2. The second-order valence-corrected chi connectivity index (χ2v) is 5.97. The Morgan fingerprint density at radius 1 is 1.23 bits per heavy atom. The number of benzene rings is 1. The third-order valence-electron chi connectivity index (χ3n) is 4.33. The van der Waals surface area contributed by atoms with Gasteiger partial charge in [-0.05, 0) is 19.1 Å². The van der Waals surface area contributed by atoms with Crippen LogP contribution in [0.5, 0.6) is 5.75 Å². The number of carbonyl (C=O) groups excluding carboxylic acids is 1. The maximum absolute atomic E-state index is 11.7. The van der Waals surface area contributed by atoms with Crippen molar-refractivity contribution in [3.05, 3.63) is 24.3 Å². The summed E-state index contributed by atoms with van der Waals surface area (Å²) in [5, 5.41) is 6.47. The first-order chi connectivity index (χ1) is 10.7. The Balaban J connectivity index is 1.59. The second kappa shape index (κ2) is 6.54. The Morgan fingerprint density at radius 3 is 2.68 bits per heavy atom. The van der Waals surface area contributed by atoms with Gasteiger partial charge in [0.15, 0.2) is 0 Å². The third-order valence-corrected chi connectivity index (χ3v) is 4.33. The minimum Gasteiger partial charge on any atom is -0.497 e. The highest BCUT2D eigenvalue weighted by molar-refractivity contribution is 5.77. The van der Waals surface area contributed by atoms with Crippen molar-refractivity contribution in [2.24, 2.45) is 0 Å². The molecule has 2 heterocycles. The molecule has 2 saturated heterocycles. The minimum atomic E-state index is -0.0382. The van der Waals surface area contributed by atoms with E-state index in [2.05, 4.69) is 39.5 Å². The molecule has 0 aromatic heterocycles. The molecular weight excluding hydrogens is 280 g/mol. The lowest BCUT2D eigenvalue weighted by molar-refractivity contribution is -0.126. The molecule has 2 unspecified atom stereocenters. The summed E-state index contributed by atoms with van der Waals surface area (Å²) in [6.07, 6.45) is 0.518. The maximum Gasteiger partial charge on any atom is 0.223 e. The average Bonchev–Trinajstić information content (AvgIpc) is 2.54. The van der Waals surface area contributed by atoms with Crippen LogP contribution in [-0.4, -0.2) is 56.4 Å². The molecule has 2 aliphatic heterocycles. The highest BCUT2D eigenvalue weighted by atomic mass is 16.5. The number of ether oxygens (including phenoxy) is 1. The summed E-state index contributed by atoms with van der Waals surface area (Å²) < 4.78 is 5.29. The summed E-state index contributed by atoms with van der Waals surface area (Å²) in [6.45, 7) is 5.77. The van der Waals surface area contributed by atoms with Crippen LogP contribution in [0.15, 0.2) is 24.3 Å². The zero-order valence-corrected chi connectivity index (χ0v) is 13.2. The first kappa shape index (κ1) is 15.1. The minimum absolute atomic E-state index is 0.0382. The van der Waals surface area contributed by atoms with Gasteiger partial charge in [0.05, 0.1) is 7.11 Å². The Hall–Kier alpha value is -1.79. The van der Waals surface area contributed by atoms with Crippen LogP contribution in [-0.2, 0) is 4.79 Å². The van der Waals surface area contributed by atoms with Crippen LogP contribution >= 0.6 is 0 Å². The fourth-order valence-electron chi connectivity index (χ4n) is 3.10. The Labute approximate surface area is 131 Å². The molecule has 0 bridgehead atoms. The van der Waals surface area contributed by atoms with Crippen molar-refractivity contribution >= 4 is 11.6 Å². The molecule has 1 aromatic carbocycles. The van der Waals surface area contributed by atoms with Gasteiger partial charge in [0.2, 0.25) is 5.91 Å². The SMILES string of the molecule is COc1cccc(N2CCN(C3NC(=O)CC(C)N3)CC2)c1. The van der Waals surface area contributed by atoms with Crippen LogP contribution in [0.25, 0.3) is 0 Å². The van der Waals surface area contributed by atoms with E-state index < -0.39 is 0 Å². The van der Waals surface area contributed by atoms with Crippen molar-refractivity contribution < 1.29 is 9.53 Å². The van der Waals surface area contributed by atoms with Gasteiger partial charge in [-0.15, -0.1) is 0 Å². The molecule has 0 saturated carbocycles. The molecule has 6 nitrogen and oxygen atoms in total. The standard InChI is InChI=1S/C16H24N4O2/c1-12-10-15(21)18-16(17-12)20-8-6-19(7-9-20)13-4-3-5-14(11-13)22-2/h3-5,11-12,16-17H,6-10H2,1-2H3,(H,18,21). The number of piperazine rings is 1. The number of hydrogen-bond donors (Lipinski definition) is 2. The molecule has 0 spiro atoms. The number of rotatable bonds is 3. The highest BCUT2D eigenvalue weighted by Crippen LogP contribution is 2.22. The maximum atomic E-state index is 11.7. The first-order valence-electron chi connectivity index (χ1n) is 7.84. The van der Waals surface area contributed by atoms with E-state index in [0.29, 0.717) is 6.42 Å². The van der Waals surface area contributed by atoms with Crippen LogP contribution in [0.1, 0.15) is 13.3 Å². The summed E-state index contributed by atoms with van der Waals surface area (Å²) >= 11 is 0. The van der Waals surface area contributed by atoms with Crippen molar-refractivity contribution in [2.45, 2.75) is 25.7 Å². The lowest BCUT2D eigenvalue weighted by atomic mass is 10.2. The topological polar surface area (TPSA) is 56.8 Å². The first-order valence-corrected chi connectivity index (χ1v) is 7.84. The van der Waals surface area contributed by atoms with Crippen LogP contribution in [0.4, 0.5) is 5.69 Å². The molecule has 0 radical (unpaired) electrons. The molecule has 2 atom stereocenters. The molecule has 1 aromatic rings. The quantitative estimate of drug-likeness (QED) is 0.856. The summed E-state index contributed by atoms with van der Waals surface area (Å²) in [6, 6.07) is 8.39. The molecule has 3 rings (SSSR count). The predicted molar refractivity (Wildman–Crippen MR) is 85.9 cm³/mol. The van der Waals surface area contributed by atoms with Gasteiger partial charge >= 0.3 is 0 Å². The number of hydrogen-bond acceptors (Lipinski definition) is 5. The average molecular weight is 304 g/mol. The molecule has 2 aliphatic rings. The number of anilines is 1. The van der Waals surface area contributed by atoms with Gasteiger partial charge in [-0.1, -0.05) is 6.07 Å². The van der Waals surface area contributed by atoms with E-state index in [-0.39, 0.29) is 18.2 Å². The molecule has 2 fully saturated rings. The van der Waals surface area contributed by atoms with Gasteiger partial charge in [-0.3, -0.25) is 15.0 Å². The van der Waals surface area contributed by atoms with Crippen LogP contribution in [0.3, 0.4) is 0 Å². The van der Waals surface area contributed by atoms with Crippen LogP contribution in [0, 0.1) is 0 Å². The fourth-order valence-corrected chi connectivity index (χ4v) is 3.10. The number of amides is 1. The Kier molecular flexibility index (Phi) is 4.49. The van der Waals surface area contributed by atoms with E-state index in [1.54, 1.807) is 7.11 Å². The summed E-state index contributed by atoms with van der Waals surface area (Å²) in [5.41, 5.74) is 1.19. The Morgan fingerprint density at radius 2 is 2.00 bits per heavy atom. The van der Waals surface area contributed by atoms with E-state index in [1.807, 2.05) is 12.1 Å². The number of carbonyl (C=O) groups is 1. The molecule has 1 amide bonds. The highest BCUT2D eigenvalue weighted by Gasteiger charge is 2.29. The van der Waals surface area contributed by atoms with Crippen molar-refractivity contribution in [1.29, 1.82) is 0 Å². The number of nitrogens with one attached hydrogen (secondary N) is 2. The molecule has 22 heavy (non-hydrogen) atoms. The lowest BCUT2D eigenvalue weighted by Gasteiger charge is -2.43. The Bertz CT molecular complexity index is 529. The molecule has 2 N–H and O–H groups in total. The zero-order chi connectivity index (χ0) is 15.5. The molecule has 0 aliphatic carbocycles. The second-order valence-electron chi connectivity index (χ2n) is 5.97. The van der Waals surface area contributed by atoms with Crippen molar-refractivity contribution in [1.82, 2.24) is 15.5 Å². The monoisotopic (exact) mass is 304 g/mol. The van der Waals surface area contributed by atoms with Gasteiger partial charge in [0.1, 0.15) is 12.0 Å². The summed E-state index contributed by atoms with van der Waals surface area (Å²) in [7, 11) is 1.69. The smallest absolute Gasteiger partial charge is 0.223 e. The normalized spacial score (nSPS) is 26.6. The zero-order valence-electron chi connectivity index (χ0n) is 13.2. The molecular formula is C16H24N4O2. The van der Waals surface area contributed by atoms with E-state index >= 15 is 0 Å².